The van der Waals surface area contributed by atoms with Crippen LogP contribution in [0.1, 0.15) is 59.7 Å². The van der Waals surface area contributed by atoms with Crippen LogP contribution in [0.2, 0.25) is 0 Å². The zero-order valence-corrected chi connectivity index (χ0v) is 25.1. The molecule has 0 saturated heterocycles. The molecule has 0 unspecified atom stereocenters. The van der Waals surface area contributed by atoms with Crippen molar-refractivity contribution in [1.82, 2.24) is 18.4 Å². The summed E-state index contributed by atoms with van der Waals surface area (Å²) < 4.78 is 3.74. The molecule has 0 radical (unpaired) electrons. The first-order valence-electron chi connectivity index (χ1n) is 13.4. The smallest absolute Gasteiger partial charge is 0.295 e. The van der Waals surface area contributed by atoms with E-state index in [1.165, 1.54) is 27.8 Å². The van der Waals surface area contributed by atoms with Gasteiger partial charge in [-0.2, -0.15) is 0 Å². The van der Waals surface area contributed by atoms with Gasteiger partial charge in [0, 0.05) is 13.1 Å². The molecule has 1 aliphatic heterocycles. The second kappa shape index (κ2) is 13.0. The Morgan fingerprint density at radius 2 is 1.59 bits per heavy atom. The number of nitrogens with zero attached hydrogens (tertiary/aromatic N) is 3. The van der Waals surface area contributed by atoms with Crippen LogP contribution in [0, 0.1) is 0 Å². The Morgan fingerprint density at radius 1 is 0.919 bits per heavy atom. The molecule has 1 aromatic heterocycles. The van der Waals surface area contributed by atoms with Gasteiger partial charge in [0.25, 0.3) is 0 Å². The SMILES string of the molecule is CCCCNc1nc(N)nc(Cc2ccc(CN[I-](C)(C)C)cc2)c1CCCN1Cc2ccccc2C1. The Bertz CT molecular complexity index is 1130. The number of aromatic nitrogens is 2. The molecule has 6 nitrogen and oxygen atoms in total. The molecular weight excluding hydrogens is 571 g/mol. The summed E-state index contributed by atoms with van der Waals surface area (Å²) in [5, 5.41) is 3.57. The third-order valence-electron chi connectivity index (χ3n) is 6.81. The summed E-state index contributed by atoms with van der Waals surface area (Å²) >= 11 is -1.69. The number of benzene rings is 2. The molecule has 0 atom stereocenters. The topological polar surface area (TPSA) is 79.1 Å². The van der Waals surface area contributed by atoms with Gasteiger partial charge in [0.1, 0.15) is 0 Å². The van der Waals surface area contributed by atoms with E-state index >= 15 is 0 Å². The van der Waals surface area contributed by atoms with Gasteiger partial charge in [0.05, 0.1) is 0 Å². The minimum Gasteiger partial charge on any atom is -0.295 e. The molecule has 4 rings (SSSR count). The van der Waals surface area contributed by atoms with Crippen LogP contribution in [0.25, 0.3) is 0 Å². The van der Waals surface area contributed by atoms with Gasteiger partial charge in [0.15, 0.2) is 0 Å². The van der Waals surface area contributed by atoms with E-state index in [4.69, 9.17) is 10.7 Å². The number of anilines is 2. The Kier molecular flexibility index (Phi) is 9.78. The van der Waals surface area contributed by atoms with E-state index in [0.29, 0.717) is 5.95 Å². The first kappa shape index (κ1) is 27.8. The van der Waals surface area contributed by atoms with Crippen LogP contribution < -0.4 is 33.3 Å². The molecule has 0 aliphatic carbocycles. The van der Waals surface area contributed by atoms with Crippen molar-refractivity contribution in [3.63, 3.8) is 0 Å². The molecule has 3 aromatic rings. The number of fused-ring (bicyclic) bond motifs is 1. The number of nitrogen functional groups attached to an aromatic ring is 1. The van der Waals surface area contributed by atoms with E-state index in [2.05, 4.69) is 89.0 Å². The Labute approximate surface area is 227 Å². The number of alkyl halides is 3. The minimum atomic E-state index is -1.69. The predicted octanol–water partition coefficient (Wildman–Crippen LogP) is 1.86. The van der Waals surface area contributed by atoms with Crippen LogP contribution in [-0.2, 0) is 32.5 Å². The normalized spacial score (nSPS) is 14.1. The summed E-state index contributed by atoms with van der Waals surface area (Å²) in [6.07, 6.45) is 5.03. The van der Waals surface area contributed by atoms with E-state index in [1.807, 2.05) is 0 Å². The summed E-state index contributed by atoms with van der Waals surface area (Å²) in [5.41, 5.74) is 14.0. The number of rotatable bonds is 13. The van der Waals surface area contributed by atoms with E-state index in [0.717, 1.165) is 76.3 Å². The quantitative estimate of drug-likeness (QED) is 0.118. The summed E-state index contributed by atoms with van der Waals surface area (Å²) in [5.74, 6) is 1.27. The summed E-state index contributed by atoms with van der Waals surface area (Å²) in [4.78, 5) is 19.0. The molecule has 2 heterocycles. The van der Waals surface area contributed by atoms with Crippen molar-refractivity contribution in [2.24, 2.45) is 0 Å². The van der Waals surface area contributed by atoms with Crippen molar-refractivity contribution in [3.05, 3.63) is 82.0 Å². The molecule has 1 aliphatic rings. The molecule has 202 valence electrons. The zero-order valence-electron chi connectivity index (χ0n) is 23.0. The van der Waals surface area contributed by atoms with Crippen molar-refractivity contribution in [2.45, 2.75) is 58.7 Å². The van der Waals surface area contributed by atoms with E-state index < -0.39 is 18.7 Å². The summed E-state index contributed by atoms with van der Waals surface area (Å²) in [6.45, 7) is 7.20. The molecule has 7 heteroatoms. The summed E-state index contributed by atoms with van der Waals surface area (Å²) in [7, 11) is 0. The van der Waals surface area contributed by atoms with Crippen LogP contribution in [0.15, 0.2) is 48.5 Å². The van der Waals surface area contributed by atoms with Crippen molar-refractivity contribution in [3.8, 4) is 0 Å². The van der Waals surface area contributed by atoms with Gasteiger partial charge in [-0.3, -0.25) is 4.90 Å². The maximum atomic E-state index is 6.19. The predicted molar refractivity (Wildman–Crippen MR) is 153 cm³/mol. The fourth-order valence-corrected chi connectivity index (χ4v) is 6.36. The van der Waals surface area contributed by atoms with Crippen molar-refractivity contribution >= 4 is 11.8 Å². The zero-order chi connectivity index (χ0) is 26.3. The van der Waals surface area contributed by atoms with Gasteiger partial charge in [-0.05, 0) is 17.5 Å². The van der Waals surface area contributed by atoms with Crippen LogP contribution >= 0.6 is 0 Å². The van der Waals surface area contributed by atoms with Gasteiger partial charge in [-0.15, -0.1) is 0 Å². The van der Waals surface area contributed by atoms with Crippen LogP contribution in [0.3, 0.4) is 0 Å². The van der Waals surface area contributed by atoms with Crippen LogP contribution in [0.5, 0.6) is 0 Å². The average molecular weight is 616 g/mol. The maximum absolute atomic E-state index is 6.19. The Balaban J connectivity index is 1.46. The van der Waals surface area contributed by atoms with E-state index in [-0.39, 0.29) is 0 Å². The third kappa shape index (κ3) is 8.38. The molecule has 37 heavy (non-hydrogen) atoms. The van der Waals surface area contributed by atoms with Gasteiger partial charge >= 0.3 is 155 Å². The first-order valence-corrected chi connectivity index (χ1v) is 20.9. The number of unbranched alkanes of at least 4 members (excludes halogenated alkanes) is 1. The molecule has 2 aromatic carbocycles. The first-order chi connectivity index (χ1) is 17.8. The number of nitrogens with two attached hydrogens (primary N) is 1. The van der Waals surface area contributed by atoms with Gasteiger partial charge in [0.2, 0.25) is 0 Å². The summed E-state index contributed by atoms with van der Waals surface area (Å²) in [6, 6.07) is 17.7. The monoisotopic (exact) mass is 615 g/mol. The standard InChI is InChI=1S/C30H44IN6/c1-5-6-17-33-29-27(12-9-18-37-21-25-10-7-8-11-26(25)22-37)28(35-30(32)36-29)19-23-13-15-24(16-14-23)20-34-31(2,3)4/h7-8,10-11,13-16,34H,5-6,9,12,17-22H2,1-4H3,(H3,32,33,35,36)/q-1. The minimum absolute atomic E-state index is 0.352. The van der Waals surface area contributed by atoms with Gasteiger partial charge < -0.3 is 0 Å². The van der Waals surface area contributed by atoms with Gasteiger partial charge in [-0.1, -0.05) is 37.6 Å². The Morgan fingerprint density at radius 3 is 2.24 bits per heavy atom. The van der Waals surface area contributed by atoms with Crippen LogP contribution in [-0.4, -0.2) is 42.7 Å². The third-order valence-corrected chi connectivity index (χ3v) is 9.48. The molecule has 0 fully saturated rings. The molecule has 0 spiro atoms. The van der Waals surface area contributed by atoms with E-state index in [1.54, 1.807) is 0 Å². The molecule has 0 bridgehead atoms. The molecule has 0 amide bonds. The average Bonchev–Trinajstić information content (AvgIpc) is 3.27. The molecular formula is C30H44IN6-. The Hall–Kier alpha value is -2.23. The van der Waals surface area contributed by atoms with Crippen molar-refractivity contribution in [2.75, 3.05) is 38.9 Å². The molecule has 0 saturated carbocycles. The second-order valence-corrected chi connectivity index (χ2v) is 21.2. The van der Waals surface area contributed by atoms with Gasteiger partial charge in [-0.25, -0.2) is 0 Å². The van der Waals surface area contributed by atoms with Crippen molar-refractivity contribution < 1.29 is 18.7 Å². The number of hydrogen-bond donors (Lipinski definition) is 3. The van der Waals surface area contributed by atoms with Crippen LogP contribution in [0.4, 0.5) is 11.8 Å². The second-order valence-electron chi connectivity index (χ2n) is 10.7. The number of hydrogen-bond acceptors (Lipinski definition) is 6. The molecule has 4 N–H and O–H groups in total. The fourth-order valence-electron chi connectivity index (χ4n) is 4.78. The number of halogens is 1. The van der Waals surface area contributed by atoms with E-state index in [9.17, 15) is 0 Å². The van der Waals surface area contributed by atoms with Crippen molar-refractivity contribution in [1.29, 1.82) is 0 Å². The number of nitrogens with one attached hydrogen (secondary N) is 2. The fraction of sp³-hybridized carbons (Fsp3) is 0.467.